The summed E-state index contributed by atoms with van der Waals surface area (Å²) in [7, 11) is 0. The minimum absolute atomic E-state index is 0.207. The van der Waals surface area contributed by atoms with Crippen molar-refractivity contribution >= 4 is 11.6 Å². The van der Waals surface area contributed by atoms with Crippen molar-refractivity contribution in [3.05, 3.63) is 47.3 Å². The molecule has 1 aromatic carbocycles. The van der Waals surface area contributed by atoms with Gasteiger partial charge in [0.25, 0.3) is 0 Å². The zero-order valence-corrected chi connectivity index (χ0v) is 12.2. The Hall–Kier alpha value is -3.03. The van der Waals surface area contributed by atoms with E-state index in [2.05, 4.69) is 42.0 Å². The summed E-state index contributed by atoms with van der Waals surface area (Å²) < 4.78 is 5.59. The summed E-state index contributed by atoms with van der Waals surface area (Å²) in [5, 5.41) is 21.1. The van der Waals surface area contributed by atoms with Crippen LogP contribution < -0.4 is 10.1 Å². The number of aromatic nitrogens is 6. The number of nitrogens with zero attached hydrogens (tertiary/aromatic N) is 5. The maximum absolute atomic E-state index is 5.59. The highest BCUT2D eigenvalue weighted by Crippen LogP contribution is 2.16. The Balaban J connectivity index is 1.71. The Kier molecular flexibility index (Phi) is 3.90. The molecule has 8 nitrogen and oxygen atoms in total. The van der Waals surface area contributed by atoms with Crippen LogP contribution in [0.25, 0.3) is 0 Å². The summed E-state index contributed by atoms with van der Waals surface area (Å²) in [4.78, 5) is 4.30. The largest absolute Gasteiger partial charge is 0.457 e. The van der Waals surface area contributed by atoms with Gasteiger partial charge >= 0.3 is 6.01 Å². The maximum atomic E-state index is 5.59. The van der Waals surface area contributed by atoms with Gasteiger partial charge in [-0.1, -0.05) is 34.9 Å². The fourth-order valence-corrected chi connectivity index (χ4v) is 1.88. The first kappa shape index (κ1) is 13.9. The van der Waals surface area contributed by atoms with Gasteiger partial charge in [0.05, 0.1) is 6.20 Å². The van der Waals surface area contributed by atoms with E-state index in [1.54, 1.807) is 13.1 Å². The Morgan fingerprint density at radius 3 is 2.91 bits per heavy atom. The highest BCUT2D eigenvalue weighted by Gasteiger charge is 2.08. The smallest absolute Gasteiger partial charge is 0.338 e. The summed E-state index contributed by atoms with van der Waals surface area (Å²) in [5.74, 6) is 1.08. The van der Waals surface area contributed by atoms with E-state index in [1.807, 2.05) is 25.1 Å². The van der Waals surface area contributed by atoms with Crippen LogP contribution in [0.2, 0.25) is 0 Å². The molecule has 0 aliphatic rings. The first-order valence-electron chi connectivity index (χ1n) is 6.73. The molecule has 0 atom stereocenters. The number of aromatic amines is 1. The predicted octanol–water partition coefficient (Wildman–Crippen LogP) is 1.93. The molecule has 0 radical (unpaired) electrons. The summed E-state index contributed by atoms with van der Waals surface area (Å²) in [5.41, 5.74) is 2.87. The molecule has 2 N–H and O–H groups in total. The van der Waals surface area contributed by atoms with Gasteiger partial charge in [-0.2, -0.15) is 15.3 Å². The molecular formula is C14H15N7O. The molecule has 0 bridgehead atoms. The minimum Gasteiger partial charge on any atom is -0.457 e. The van der Waals surface area contributed by atoms with E-state index in [0.717, 1.165) is 5.56 Å². The van der Waals surface area contributed by atoms with E-state index < -0.39 is 0 Å². The van der Waals surface area contributed by atoms with E-state index in [9.17, 15) is 0 Å². The Morgan fingerprint density at radius 2 is 2.14 bits per heavy atom. The molecule has 0 aliphatic heterocycles. The van der Waals surface area contributed by atoms with Crippen LogP contribution in [0.4, 0.5) is 11.6 Å². The van der Waals surface area contributed by atoms with Crippen LogP contribution in [-0.2, 0) is 6.61 Å². The van der Waals surface area contributed by atoms with Crippen LogP contribution in [-0.4, -0.2) is 30.6 Å². The van der Waals surface area contributed by atoms with Crippen molar-refractivity contribution in [3.63, 3.8) is 0 Å². The van der Waals surface area contributed by atoms with Gasteiger partial charge < -0.3 is 10.1 Å². The van der Waals surface area contributed by atoms with Crippen molar-refractivity contribution in [1.29, 1.82) is 0 Å². The highest BCUT2D eigenvalue weighted by molar-refractivity contribution is 5.52. The van der Waals surface area contributed by atoms with Crippen LogP contribution in [0.5, 0.6) is 6.01 Å². The fraction of sp³-hybridized carbons (Fsp3) is 0.214. The normalized spacial score (nSPS) is 10.5. The summed E-state index contributed by atoms with van der Waals surface area (Å²) in [6, 6.07) is 8.27. The van der Waals surface area contributed by atoms with Crippen LogP contribution in [0.15, 0.2) is 30.5 Å². The van der Waals surface area contributed by atoms with Gasteiger partial charge in [0.1, 0.15) is 12.3 Å². The molecule has 0 fully saturated rings. The molecule has 3 aromatic rings. The van der Waals surface area contributed by atoms with E-state index in [-0.39, 0.29) is 6.01 Å². The van der Waals surface area contributed by atoms with Gasteiger partial charge in [0.2, 0.25) is 0 Å². The topological polar surface area (TPSA) is 102 Å². The average molecular weight is 297 g/mol. The molecule has 0 aliphatic carbocycles. The Morgan fingerprint density at radius 1 is 1.23 bits per heavy atom. The molecule has 0 spiro atoms. The number of ether oxygens (including phenoxy) is 1. The number of H-pyrrole nitrogens is 1. The van der Waals surface area contributed by atoms with Crippen molar-refractivity contribution in [3.8, 4) is 6.01 Å². The summed E-state index contributed by atoms with van der Waals surface area (Å²) in [6.45, 7) is 4.22. The number of aryl methyl sites for hydroxylation is 2. The second kappa shape index (κ2) is 6.17. The zero-order chi connectivity index (χ0) is 15.4. The molecular weight excluding hydrogens is 282 g/mol. The fourth-order valence-electron chi connectivity index (χ4n) is 1.88. The van der Waals surface area contributed by atoms with E-state index in [0.29, 0.717) is 23.9 Å². The van der Waals surface area contributed by atoms with Gasteiger partial charge in [-0.3, -0.25) is 0 Å². The summed E-state index contributed by atoms with van der Waals surface area (Å²) in [6.07, 6.45) is 1.55. The Bertz CT molecular complexity index is 758. The molecule has 3 rings (SSSR count). The monoisotopic (exact) mass is 297 g/mol. The van der Waals surface area contributed by atoms with Crippen LogP contribution in [0.1, 0.15) is 16.8 Å². The van der Waals surface area contributed by atoms with Crippen LogP contribution in [0.3, 0.4) is 0 Å². The third-order valence-corrected chi connectivity index (χ3v) is 2.95. The molecule has 2 heterocycles. The van der Waals surface area contributed by atoms with Gasteiger partial charge in [-0.05, 0) is 19.4 Å². The predicted molar refractivity (Wildman–Crippen MR) is 79.7 cm³/mol. The first-order valence-corrected chi connectivity index (χ1v) is 6.73. The average Bonchev–Trinajstić information content (AvgIpc) is 3.01. The van der Waals surface area contributed by atoms with Crippen LogP contribution in [0, 0.1) is 13.8 Å². The van der Waals surface area contributed by atoms with Gasteiger partial charge in [-0.25, -0.2) is 0 Å². The standard InChI is InChI=1S/C14H15N7O/c1-9-4-3-5-11(6-9)8-22-14-17-13(10(2)18-20-14)16-12-7-15-21-19-12/h3-7H,8H2,1-2H3,(H2,15,16,17,19,20,21). The third-order valence-electron chi connectivity index (χ3n) is 2.95. The molecule has 0 amide bonds. The second-order valence-electron chi connectivity index (χ2n) is 4.79. The third kappa shape index (κ3) is 3.35. The van der Waals surface area contributed by atoms with E-state index in [4.69, 9.17) is 4.74 Å². The lowest BCUT2D eigenvalue weighted by atomic mass is 10.1. The molecule has 8 heteroatoms. The highest BCUT2D eigenvalue weighted by atomic mass is 16.5. The number of benzene rings is 1. The van der Waals surface area contributed by atoms with Crippen molar-refractivity contribution in [2.45, 2.75) is 20.5 Å². The second-order valence-corrected chi connectivity index (χ2v) is 4.79. The van der Waals surface area contributed by atoms with Crippen molar-refractivity contribution < 1.29 is 4.74 Å². The van der Waals surface area contributed by atoms with Crippen molar-refractivity contribution in [1.82, 2.24) is 30.6 Å². The summed E-state index contributed by atoms with van der Waals surface area (Å²) >= 11 is 0. The molecule has 2 aromatic heterocycles. The van der Waals surface area contributed by atoms with E-state index >= 15 is 0 Å². The first-order chi connectivity index (χ1) is 10.7. The molecule has 112 valence electrons. The lowest BCUT2D eigenvalue weighted by molar-refractivity contribution is 0.276. The van der Waals surface area contributed by atoms with Crippen molar-refractivity contribution in [2.24, 2.45) is 0 Å². The van der Waals surface area contributed by atoms with Gasteiger partial charge in [0, 0.05) is 0 Å². The number of nitrogens with one attached hydrogen (secondary N) is 2. The minimum atomic E-state index is 0.207. The number of rotatable bonds is 5. The van der Waals surface area contributed by atoms with E-state index in [1.165, 1.54) is 5.56 Å². The molecule has 0 saturated carbocycles. The SMILES string of the molecule is Cc1cccc(COc2nnc(C)c(Nc3cn[nH]n3)n2)c1. The zero-order valence-electron chi connectivity index (χ0n) is 12.2. The quantitative estimate of drug-likeness (QED) is 0.741. The lowest BCUT2D eigenvalue weighted by Crippen LogP contribution is -2.06. The van der Waals surface area contributed by atoms with Crippen molar-refractivity contribution in [2.75, 3.05) is 5.32 Å². The molecule has 22 heavy (non-hydrogen) atoms. The Labute approximate surface area is 127 Å². The van der Waals surface area contributed by atoms with Crippen LogP contribution >= 0.6 is 0 Å². The molecule has 0 saturated heterocycles. The maximum Gasteiger partial charge on any atom is 0.338 e. The number of anilines is 2. The molecule has 0 unspecified atom stereocenters. The number of hydrogen-bond acceptors (Lipinski definition) is 7. The number of hydrogen-bond donors (Lipinski definition) is 2. The van der Waals surface area contributed by atoms with Gasteiger partial charge in [-0.15, -0.1) is 10.2 Å². The lowest BCUT2D eigenvalue weighted by Gasteiger charge is -2.08. The van der Waals surface area contributed by atoms with Gasteiger partial charge in [0.15, 0.2) is 11.6 Å².